The summed E-state index contributed by atoms with van der Waals surface area (Å²) >= 11 is 0. The van der Waals surface area contributed by atoms with Crippen LogP contribution in [0.2, 0.25) is 0 Å². The number of benzene rings is 4. The molecule has 0 spiro atoms. The van der Waals surface area contributed by atoms with Crippen LogP contribution in [0.3, 0.4) is 0 Å². The van der Waals surface area contributed by atoms with Crippen molar-refractivity contribution in [1.82, 2.24) is 0 Å². The first-order valence-electron chi connectivity index (χ1n) is 10.8. The van der Waals surface area contributed by atoms with E-state index >= 15 is 0 Å². The molecule has 0 bridgehead atoms. The van der Waals surface area contributed by atoms with Crippen molar-refractivity contribution >= 4 is 23.2 Å². The van der Waals surface area contributed by atoms with Crippen LogP contribution < -0.4 is 15.9 Å². The molecular formula is C29H31P. The molecule has 0 unspecified atom stereocenters. The number of rotatable bonds is 5. The van der Waals surface area contributed by atoms with Gasteiger partial charge in [0.2, 0.25) is 0 Å². The predicted molar refractivity (Wildman–Crippen MR) is 135 cm³/mol. The van der Waals surface area contributed by atoms with Gasteiger partial charge >= 0.3 is 182 Å². The summed E-state index contributed by atoms with van der Waals surface area (Å²) in [5, 5.41) is 4.38. The Kier molecular flexibility index (Phi) is 5.89. The molecule has 0 nitrogen and oxygen atoms in total. The van der Waals surface area contributed by atoms with Crippen LogP contribution in [0.25, 0.3) is 0 Å². The maximum absolute atomic E-state index is 2.34. The molecule has 0 aliphatic carbocycles. The molecule has 0 fully saturated rings. The van der Waals surface area contributed by atoms with Gasteiger partial charge in [0.1, 0.15) is 0 Å². The fraction of sp³-hybridized carbons (Fsp3) is 0.172. The molecule has 152 valence electrons. The molecule has 4 aromatic rings. The molecule has 0 amide bonds. The van der Waals surface area contributed by atoms with E-state index in [9.17, 15) is 0 Å². The molecule has 0 aromatic heterocycles. The van der Waals surface area contributed by atoms with Gasteiger partial charge in [-0.15, -0.1) is 0 Å². The average molecular weight is 411 g/mol. The van der Waals surface area contributed by atoms with E-state index in [1.807, 2.05) is 0 Å². The van der Waals surface area contributed by atoms with E-state index in [1.54, 1.807) is 0 Å². The third kappa shape index (κ3) is 4.11. The van der Waals surface area contributed by atoms with Gasteiger partial charge in [-0.1, -0.05) is 0 Å². The van der Waals surface area contributed by atoms with Gasteiger partial charge in [0.05, 0.1) is 0 Å². The Labute approximate surface area is 182 Å². The van der Waals surface area contributed by atoms with E-state index in [2.05, 4.69) is 136 Å². The van der Waals surface area contributed by atoms with Crippen molar-refractivity contribution < 1.29 is 0 Å². The molecule has 0 aliphatic heterocycles. The van der Waals surface area contributed by atoms with Crippen LogP contribution in [0.15, 0.2) is 115 Å². The van der Waals surface area contributed by atoms with Crippen molar-refractivity contribution in [3.05, 3.63) is 126 Å². The van der Waals surface area contributed by atoms with E-state index in [4.69, 9.17) is 0 Å². The van der Waals surface area contributed by atoms with Gasteiger partial charge in [-0.3, -0.25) is 0 Å². The second kappa shape index (κ2) is 8.58. The van der Waals surface area contributed by atoms with E-state index in [-0.39, 0.29) is 5.41 Å². The van der Waals surface area contributed by atoms with E-state index in [1.165, 1.54) is 27.0 Å². The van der Waals surface area contributed by atoms with Gasteiger partial charge in [0.15, 0.2) is 0 Å². The third-order valence-electron chi connectivity index (χ3n) is 6.09. The molecule has 30 heavy (non-hydrogen) atoms. The molecule has 0 radical (unpaired) electrons. The first-order chi connectivity index (χ1) is 14.5. The zero-order valence-corrected chi connectivity index (χ0v) is 19.2. The molecule has 0 saturated heterocycles. The molecule has 0 N–H and O–H groups in total. The van der Waals surface area contributed by atoms with Crippen molar-refractivity contribution in [2.45, 2.75) is 32.3 Å². The van der Waals surface area contributed by atoms with Gasteiger partial charge < -0.3 is 0 Å². The predicted octanol–water partition coefficient (Wildman–Crippen LogP) is 6.21. The summed E-state index contributed by atoms with van der Waals surface area (Å²) in [7, 11) is -2.23. The Morgan fingerprint density at radius 1 is 0.500 bits per heavy atom. The fourth-order valence-electron chi connectivity index (χ4n) is 4.40. The Morgan fingerprint density at radius 3 is 1.20 bits per heavy atom. The summed E-state index contributed by atoms with van der Waals surface area (Å²) in [4.78, 5) is 0. The van der Waals surface area contributed by atoms with Gasteiger partial charge in [-0.2, -0.15) is 0 Å². The third-order valence-corrected chi connectivity index (χ3v) is 11.0. The Hall–Kier alpha value is -2.69. The zero-order valence-electron chi connectivity index (χ0n) is 18.2. The normalized spacial score (nSPS) is 12.5. The SMILES string of the molecule is CC(C)(C)c1ccc(C[PH](c2ccccc2)(c2ccccc2)c2ccccc2)cc1. The first kappa shape index (κ1) is 20.6. The minimum absolute atomic E-state index is 0.172. The van der Waals surface area contributed by atoms with Gasteiger partial charge in [-0.25, -0.2) is 0 Å². The van der Waals surface area contributed by atoms with Crippen molar-refractivity contribution in [2.75, 3.05) is 0 Å². The minimum atomic E-state index is -2.23. The average Bonchev–Trinajstić information content (AvgIpc) is 2.79. The fourth-order valence-corrected chi connectivity index (χ4v) is 9.15. The molecule has 4 rings (SSSR count). The molecular weight excluding hydrogens is 379 g/mol. The van der Waals surface area contributed by atoms with Crippen LogP contribution in [-0.2, 0) is 11.6 Å². The van der Waals surface area contributed by atoms with Crippen molar-refractivity contribution in [1.29, 1.82) is 0 Å². The monoisotopic (exact) mass is 410 g/mol. The van der Waals surface area contributed by atoms with Crippen LogP contribution in [0.4, 0.5) is 0 Å². The van der Waals surface area contributed by atoms with Crippen molar-refractivity contribution in [3.63, 3.8) is 0 Å². The Morgan fingerprint density at radius 2 is 0.867 bits per heavy atom. The van der Waals surface area contributed by atoms with Gasteiger partial charge in [-0.05, 0) is 0 Å². The van der Waals surface area contributed by atoms with Gasteiger partial charge in [0, 0.05) is 0 Å². The molecule has 0 atom stereocenters. The van der Waals surface area contributed by atoms with Crippen molar-refractivity contribution in [3.8, 4) is 0 Å². The molecule has 1 heteroatoms. The molecule has 0 aliphatic rings. The van der Waals surface area contributed by atoms with E-state index < -0.39 is 7.26 Å². The summed E-state index contributed by atoms with van der Waals surface area (Å²) in [6.07, 6.45) is 1.05. The summed E-state index contributed by atoms with van der Waals surface area (Å²) < 4.78 is 0. The molecule has 4 aromatic carbocycles. The maximum atomic E-state index is 2.34. The summed E-state index contributed by atoms with van der Waals surface area (Å²) in [5.74, 6) is 0. The van der Waals surface area contributed by atoms with Crippen molar-refractivity contribution in [2.24, 2.45) is 0 Å². The van der Waals surface area contributed by atoms with Crippen LogP contribution in [0, 0.1) is 0 Å². The summed E-state index contributed by atoms with van der Waals surface area (Å²) in [6.45, 7) is 6.83. The molecule has 0 saturated carbocycles. The zero-order chi connectivity index (χ0) is 21.0. The first-order valence-corrected chi connectivity index (χ1v) is 13.0. The Bertz CT molecular complexity index is 963. The quantitative estimate of drug-likeness (QED) is 0.343. The van der Waals surface area contributed by atoms with E-state index in [0.29, 0.717) is 0 Å². The second-order valence-electron chi connectivity index (χ2n) is 9.13. The standard InChI is InChI=1S/C29H31P/c1-29(2,3)25-21-19-24(20-22-25)23-30(26-13-7-4-8-14-26,27-15-9-5-10-16-27)28-17-11-6-12-18-28/h4-22,30H,23H2,1-3H3. The van der Waals surface area contributed by atoms with E-state index in [0.717, 1.165) is 6.16 Å². The van der Waals surface area contributed by atoms with Crippen LogP contribution in [0.5, 0.6) is 0 Å². The number of hydrogen-bond acceptors (Lipinski definition) is 0. The van der Waals surface area contributed by atoms with Crippen LogP contribution in [0.1, 0.15) is 31.9 Å². The van der Waals surface area contributed by atoms with Gasteiger partial charge in [0.25, 0.3) is 0 Å². The number of hydrogen-bond donors (Lipinski definition) is 0. The van der Waals surface area contributed by atoms with Crippen LogP contribution in [-0.4, -0.2) is 0 Å². The molecule has 0 heterocycles. The summed E-state index contributed by atoms with van der Waals surface area (Å²) in [5.41, 5.74) is 2.97. The topological polar surface area (TPSA) is 0 Å². The van der Waals surface area contributed by atoms with Crippen LogP contribution >= 0.6 is 7.26 Å². The summed E-state index contributed by atoms with van der Waals surface area (Å²) in [6, 6.07) is 42.8. The second-order valence-corrected chi connectivity index (χ2v) is 13.0. The Balaban J connectivity index is 1.91.